The molecule has 0 bridgehead atoms. The van der Waals surface area contributed by atoms with Crippen LogP contribution < -0.4 is 10.6 Å². The third-order valence-corrected chi connectivity index (χ3v) is 4.21. The number of hydrogen-bond acceptors (Lipinski definition) is 4. The summed E-state index contributed by atoms with van der Waals surface area (Å²) in [7, 11) is 0. The Labute approximate surface area is 171 Å². The molecule has 2 aromatic rings. The van der Waals surface area contributed by atoms with Gasteiger partial charge in [-0.2, -0.15) is 13.2 Å². The number of nitrogens with one attached hydrogen (secondary N) is 2. The second-order valence-electron chi connectivity index (χ2n) is 6.32. The highest BCUT2D eigenvalue weighted by molar-refractivity contribution is 5.98. The molecule has 0 saturated carbocycles. The normalized spacial score (nSPS) is 11.0. The summed E-state index contributed by atoms with van der Waals surface area (Å²) in [4.78, 5) is 35.4. The Bertz CT molecular complexity index is 920. The number of aryl methyl sites for hydroxylation is 2. The lowest BCUT2D eigenvalue weighted by Crippen LogP contribution is -2.30. The molecule has 30 heavy (non-hydrogen) atoms. The average Bonchev–Trinajstić information content (AvgIpc) is 2.71. The molecule has 0 aliphatic rings. The van der Waals surface area contributed by atoms with Crippen molar-refractivity contribution >= 4 is 29.2 Å². The number of benzene rings is 2. The summed E-state index contributed by atoms with van der Waals surface area (Å²) in [5.41, 5.74) is 2.25. The van der Waals surface area contributed by atoms with Crippen LogP contribution in [0.25, 0.3) is 0 Å². The molecule has 0 unspecified atom stereocenters. The Morgan fingerprint density at radius 3 is 2.10 bits per heavy atom. The molecule has 6 nitrogen and oxygen atoms in total. The van der Waals surface area contributed by atoms with Gasteiger partial charge in [-0.1, -0.05) is 38.1 Å². The van der Waals surface area contributed by atoms with Gasteiger partial charge < -0.3 is 15.4 Å². The van der Waals surface area contributed by atoms with Crippen molar-refractivity contribution in [1.29, 1.82) is 0 Å². The summed E-state index contributed by atoms with van der Waals surface area (Å²) in [5.74, 6) is -3.61. The van der Waals surface area contributed by atoms with E-state index in [4.69, 9.17) is 4.74 Å². The lowest BCUT2D eigenvalue weighted by Gasteiger charge is -2.14. The van der Waals surface area contributed by atoms with Crippen molar-refractivity contribution in [3.05, 3.63) is 59.2 Å². The number of hydrogen-bond donors (Lipinski definition) is 2. The van der Waals surface area contributed by atoms with E-state index in [1.165, 1.54) is 18.2 Å². The maximum absolute atomic E-state index is 12.3. The van der Waals surface area contributed by atoms with Crippen molar-refractivity contribution < 1.29 is 32.3 Å². The zero-order valence-electron chi connectivity index (χ0n) is 16.4. The van der Waals surface area contributed by atoms with Gasteiger partial charge in [0.25, 0.3) is 5.91 Å². The van der Waals surface area contributed by atoms with E-state index in [9.17, 15) is 27.6 Å². The molecule has 0 heterocycles. The molecule has 9 heteroatoms. The van der Waals surface area contributed by atoms with Crippen LogP contribution in [0, 0.1) is 0 Å². The second kappa shape index (κ2) is 9.91. The molecule has 160 valence electrons. The maximum Gasteiger partial charge on any atom is 0.471 e. The number of amides is 2. The molecule has 2 rings (SSSR count). The first-order valence-corrected chi connectivity index (χ1v) is 9.21. The number of alkyl halides is 3. The molecular formula is C21H21F3N2O4. The zero-order chi connectivity index (χ0) is 22.3. The van der Waals surface area contributed by atoms with Gasteiger partial charge in [-0.3, -0.25) is 9.59 Å². The fraction of sp³-hybridized carbons (Fsp3) is 0.286. The van der Waals surface area contributed by atoms with Gasteiger partial charge in [0.2, 0.25) is 0 Å². The van der Waals surface area contributed by atoms with Crippen LogP contribution in [0.4, 0.5) is 24.5 Å². The molecule has 0 saturated heterocycles. The number of anilines is 2. The maximum atomic E-state index is 12.3. The number of para-hydroxylation sites is 1. The summed E-state index contributed by atoms with van der Waals surface area (Å²) in [6.07, 6.45) is -3.64. The van der Waals surface area contributed by atoms with Crippen LogP contribution in [0.2, 0.25) is 0 Å². The highest BCUT2D eigenvalue weighted by atomic mass is 19.4. The van der Waals surface area contributed by atoms with Crippen LogP contribution in [0.1, 0.15) is 35.3 Å². The van der Waals surface area contributed by atoms with Crippen molar-refractivity contribution in [2.24, 2.45) is 0 Å². The quantitative estimate of drug-likeness (QED) is 0.658. The van der Waals surface area contributed by atoms with E-state index in [0.29, 0.717) is 18.5 Å². The van der Waals surface area contributed by atoms with E-state index in [-0.39, 0.29) is 11.3 Å². The van der Waals surface area contributed by atoms with E-state index >= 15 is 0 Å². The second-order valence-corrected chi connectivity index (χ2v) is 6.32. The van der Waals surface area contributed by atoms with Crippen molar-refractivity contribution in [2.45, 2.75) is 32.9 Å². The van der Waals surface area contributed by atoms with E-state index < -0.39 is 30.6 Å². The Balaban J connectivity index is 2.00. The molecule has 2 N–H and O–H groups in total. The van der Waals surface area contributed by atoms with Gasteiger partial charge in [0, 0.05) is 11.4 Å². The van der Waals surface area contributed by atoms with Gasteiger partial charge in [0.1, 0.15) is 0 Å². The first-order valence-electron chi connectivity index (χ1n) is 9.21. The minimum absolute atomic E-state index is 0.106. The number of halogens is 3. The fourth-order valence-corrected chi connectivity index (χ4v) is 2.72. The fourth-order valence-electron chi connectivity index (χ4n) is 2.72. The molecule has 0 spiro atoms. The first kappa shape index (κ1) is 22.9. The van der Waals surface area contributed by atoms with E-state index in [0.717, 1.165) is 17.2 Å². The Morgan fingerprint density at radius 1 is 0.933 bits per heavy atom. The lowest BCUT2D eigenvalue weighted by molar-refractivity contribution is -0.167. The Hall–Kier alpha value is -3.36. The Morgan fingerprint density at radius 2 is 1.53 bits per heavy atom. The average molecular weight is 422 g/mol. The zero-order valence-corrected chi connectivity index (χ0v) is 16.4. The molecule has 0 aliphatic carbocycles. The molecular weight excluding hydrogens is 401 g/mol. The van der Waals surface area contributed by atoms with Crippen LogP contribution in [-0.4, -0.2) is 30.6 Å². The van der Waals surface area contributed by atoms with Gasteiger partial charge in [0.15, 0.2) is 6.61 Å². The lowest BCUT2D eigenvalue weighted by atomic mass is 10.0. The standard InChI is InChI=1S/C21H21F3N2O4/c1-3-13-7-5-8-14(4-2)18(13)26-17(27)12-30-19(28)15-9-6-10-16(11-15)25-20(29)21(22,23)24/h5-11H,3-4,12H2,1-2H3,(H,25,29)(H,26,27). The molecule has 2 aromatic carbocycles. The number of carbonyl (C=O) groups excluding carboxylic acids is 3. The van der Waals surface area contributed by atoms with Crippen LogP contribution in [-0.2, 0) is 27.2 Å². The monoisotopic (exact) mass is 422 g/mol. The predicted molar refractivity (Wildman–Crippen MR) is 105 cm³/mol. The number of esters is 1. The van der Waals surface area contributed by atoms with Crippen molar-refractivity contribution in [3.8, 4) is 0 Å². The SMILES string of the molecule is CCc1cccc(CC)c1NC(=O)COC(=O)c1cccc(NC(=O)C(F)(F)F)c1. The van der Waals surface area contributed by atoms with E-state index in [1.807, 2.05) is 32.0 Å². The first-order chi connectivity index (χ1) is 14.2. The molecule has 0 atom stereocenters. The number of carbonyl (C=O) groups is 3. The van der Waals surface area contributed by atoms with Crippen LogP contribution in [0.15, 0.2) is 42.5 Å². The van der Waals surface area contributed by atoms with Gasteiger partial charge in [-0.25, -0.2) is 4.79 Å². The highest BCUT2D eigenvalue weighted by Crippen LogP contribution is 2.23. The summed E-state index contributed by atoms with van der Waals surface area (Å²) >= 11 is 0. The summed E-state index contributed by atoms with van der Waals surface area (Å²) in [6.45, 7) is 3.34. The van der Waals surface area contributed by atoms with Crippen molar-refractivity contribution in [3.63, 3.8) is 0 Å². The van der Waals surface area contributed by atoms with Crippen LogP contribution >= 0.6 is 0 Å². The van der Waals surface area contributed by atoms with Crippen molar-refractivity contribution in [1.82, 2.24) is 0 Å². The van der Waals surface area contributed by atoms with Gasteiger partial charge in [-0.05, 0) is 42.2 Å². The minimum atomic E-state index is -5.05. The van der Waals surface area contributed by atoms with Crippen LogP contribution in [0.3, 0.4) is 0 Å². The molecule has 0 aromatic heterocycles. The summed E-state index contributed by atoms with van der Waals surface area (Å²) in [5, 5.41) is 4.39. The van der Waals surface area contributed by atoms with Crippen molar-refractivity contribution in [2.75, 3.05) is 17.2 Å². The predicted octanol–water partition coefficient (Wildman–Crippen LogP) is 4.11. The summed E-state index contributed by atoms with van der Waals surface area (Å²) in [6, 6.07) is 10.5. The van der Waals surface area contributed by atoms with E-state index in [1.54, 1.807) is 5.32 Å². The molecule has 0 aliphatic heterocycles. The van der Waals surface area contributed by atoms with Gasteiger partial charge >= 0.3 is 18.1 Å². The molecule has 0 radical (unpaired) electrons. The third kappa shape index (κ3) is 6.07. The Kier molecular flexibility index (Phi) is 7.57. The third-order valence-electron chi connectivity index (χ3n) is 4.21. The van der Waals surface area contributed by atoms with Crippen LogP contribution in [0.5, 0.6) is 0 Å². The molecule has 0 fully saturated rings. The van der Waals surface area contributed by atoms with Gasteiger partial charge in [-0.15, -0.1) is 0 Å². The van der Waals surface area contributed by atoms with E-state index in [2.05, 4.69) is 5.32 Å². The topological polar surface area (TPSA) is 84.5 Å². The summed E-state index contributed by atoms with van der Waals surface area (Å²) < 4.78 is 42.0. The number of ether oxygens (including phenoxy) is 1. The number of rotatable bonds is 7. The molecule has 2 amide bonds. The smallest absolute Gasteiger partial charge is 0.452 e. The minimum Gasteiger partial charge on any atom is -0.452 e. The van der Waals surface area contributed by atoms with Gasteiger partial charge in [0.05, 0.1) is 5.56 Å². The highest BCUT2D eigenvalue weighted by Gasteiger charge is 2.38. The largest absolute Gasteiger partial charge is 0.471 e.